The van der Waals surface area contributed by atoms with Gasteiger partial charge in [0.05, 0.1) is 12.0 Å². The minimum Gasteiger partial charge on any atom is -0.494 e. The summed E-state index contributed by atoms with van der Waals surface area (Å²) in [6.07, 6.45) is 2.47. The summed E-state index contributed by atoms with van der Waals surface area (Å²) >= 11 is 0. The van der Waals surface area contributed by atoms with E-state index in [0.29, 0.717) is 30.1 Å². The molecule has 3 rings (SSSR count). The van der Waals surface area contributed by atoms with Gasteiger partial charge in [-0.15, -0.1) is 0 Å². The summed E-state index contributed by atoms with van der Waals surface area (Å²) in [5, 5.41) is 2.67. The topological polar surface area (TPSA) is 75.7 Å². The number of carbonyl (C=O) groups excluding carboxylic acids is 1. The molecule has 1 aliphatic heterocycles. The Labute approximate surface area is 170 Å². The van der Waals surface area contributed by atoms with Crippen LogP contribution in [-0.4, -0.2) is 38.8 Å². The van der Waals surface area contributed by atoms with E-state index in [1.807, 2.05) is 0 Å². The molecule has 1 N–H and O–H groups in total. The van der Waals surface area contributed by atoms with Gasteiger partial charge in [0.15, 0.2) is 11.6 Å². The molecule has 0 radical (unpaired) electrons. The first-order chi connectivity index (χ1) is 13.9. The van der Waals surface area contributed by atoms with E-state index >= 15 is 0 Å². The predicted octanol–water partition coefficient (Wildman–Crippen LogP) is 3.65. The summed E-state index contributed by atoms with van der Waals surface area (Å²) in [7, 11) is -2.14. The lowest BCUT2D eigenvalue weighted by molar-refractivity contribution is -0.116. The van der Waals surface area contributed by atoms with Crippen LogP contribution in [-0.2, 0) is 14.8 Å². The molecule has 29 heavy (non-hydrogen) atoms. The Morgan fingerprint density at radius 1 is 1.24 bits per heavy atom. The van der Waals surface area contributed by atoms with Crippen molar-refractivity contribution >= 4 is 21.6 Å². The van der Waals surface area contributed by atoms with Gasteiger partial charge in [0.25, 0.3) is 0 Å². The second-order valence-corrected chi connectivity index (χ2v) is 9.06. The Kier molecular flexibility index (Phi) is 6.87. The van der Waals surface area contributed by atoms with E-state index in [-0.39, 0.29) is 24.0 Å². The molecule has 1 fully saturated rings. The van der Waals surface area contributed by atoms with Crippen molar-refractivity contribution in [2.24, 2.45) is 5.92 Å². The summed E-state index contributed by atoms with van der Waals surface area (Å²) in [6.45, 7) is 0.896. The second-order valence-electron chi connectivity index (χ2n) is 7.12. The molecule has 2 aromatic carbocycles. The van der Waals surface area contributed by atoms with Gasteiger partial charge in [-0.3, -0.25) is 4.79 Å². The molecule has 0 aromatic heterocycles. The highest BCUT2D eigenvalue weighted by atomic mass is 32.2. The van der Waals surface area contributed by atoms with Gasteiger partial charge in [0, 0.05) is 31.3 Å². The maximum atomic E-state index is 13.7. The van der Waals surface area contributed by atoms with Crippen LogP contribution in [0.3, 0.4) is 0 Å². The number of anilines is 1. The van der Waals surface area contributed by atoms with Crippen molar-refractivity contribution in [3.63, 3.8) is 0 Å². The third-order valence-corrected chi connectivity index (χ3v) is 6.96. The number of amides is 1. The van der Waals surface area contributed by atoms with Gasteiger partial charge in [-0.25, -0.2) is 12.8 Å². The highest BCUT2D eigenvalue weighted by Crippen LogP contribution is 2.26. The predicted molar refractivity (Wildman–Crippen MR) is 109 cm³/mol. The van der Waals surface area contributed by atoms with Crippen LogP contribution in [0.1, 0.15) is 25.7 Å². The zero-order valence-electron chi connectivity index (χ0n) is 16.3. The monoisotopic (exact) mass is 420 g/mol. The smallest absolute Gasteiger partial charge is 0.243 e. The normalized spacial score (nSPS) is 17.7. The van der Waals surface area contributed by atoms with E-state index in [1.54, 1.807) is 36.4 Å². The number of rotatable bonds is 7. The van der Waals surface area contributed by atoms with Gasteiger partial charge in [0.1, 0.15) is 0 Å². The van der Waals surface area contributed by atoms with E-state index in [0.717, 1.165) is 12.8 Å². The number of hydrogen-bond acceptors (Lipinski definition) is 4. The number of benzene rings is 2. The molecule has 0 aliphatic carbocycles. The van der Waals surface area contributed by atoms with Crippen molar-refractivity contribution in [1.82, 2.24) is 4.31 Å². The molecule has 6 nitrogen and oxygen atoms in total. The largest absolute Gasteiger partial charge is 0.494 e. The number of methoxy groups -OCH3 is 1. The number of ether oxygens (including phenoxy) is 1. The number of sulfonamides is 1. The molecule has 2 aromatic rings. The van der Waals surface area contributed by atoms with Crippen molar-refractivity contribution in [2.75, 3.05) is 25.5 Å². The van der Waals surface area contributed by atoms with Crippen LogP contribution >= 0.6 is 0 Å². The van der Waals surface area contributed by atoms with Gasteiger partial charge in [-0.1, -0.05) is 18.2 Å². The molecule has 1 atom stereocenters. The molecule has 1 saturated heterocycles. The lowest BCUT2D eigenvalue weighted by Crippen LogP contribution is -2.40. The highest BCUT2D eigenvalue weighted by molar-refractivity contribution is 7.89. The summed E-state index contributed by atoms with van der Waals surface area (Å²) in [6, 6.07) is 12.6. The van der Waals surface area contributed by atoms with E-state index < -0.39 is 15.8 Å². The lowest BCUT2D eigenvalue weighted by Gasteiger charge is -2.31. The molecule has 156 valence electrons. The quantitative estimate of drug-likeness (QED) is 0.742. The molecule has 8 heteroatoms. The van der Waals surface area contributed by atoms with Gasteiger partial charge in [-0.05, 0) is 49.4 Å². The van der Waals surface area contributed by atoms with Crippen LogP contribution < -0.4 is 10.1 Å². The Balaban J connectivity index is 1.54. The Bertz CT molecular complexity index is 950. The van der Waals surface area contributed by atoms with Gasteiger partial charge < -0.3 is 10.1 Å². The molecule has 0 saturated carbocycles. The Hall–Kier alpha value is -2.45. The fourth-order valence-electron chi connectivity index (χ4n) is 3.53. The molecule has 1 amide bonds. The lowest BCUT2D eigenvalue weighted by atomic mass is 9.94. The summed E-state index contributed by atoms with van der Waals surface area (Å²) in [5.41, 5.74) is 0.366. The first-order valence-electron chi connectivity index (χ1n) is 9.58. The molecule has 1 unspecified atom stereocenters. The average molecular weight is 421 g/mol. The zero-order valence-corrected chi connectivity index (χ0v) is 17.1. The SMILES string of the molecule is COc1ccc(NC(=O)CCC2CCCN(S(=O)(=O)c3ccccc3)C2)cc1F. The molecule has 1 aliphatic rings. The van der Waals surface area contributed by atoms with Crippen LogP contribution in [0.2, 0.25) is 0 Å². The zero-order chi connectivity index (χ0) is 20.9. The first kappa shape index (κ1) is 21.3. The number of nitrogens with one attached hydrogen (secondary N) is 1. The van der Waals surface area contributed by atoms with Crippen LogP contribution in [0.25, 0.3) is 0 Å². The van der Waals surface area contributed by atoms with Crippen molar-refractivity contribution in [1.29, 1.82) is 0 Å². The molecule has 1 heterocycles. The molecule has 0 bridgehead atoms. The number of hydrogen-bond donors (Lipinski definition) is 1. The first-order valence-corrected chi connectivity index (χ1v) is 11.0. The Morgan fingerprint density at radius 2 is 2.00 bits per heavy atom. The third-order valence-electron chi connectivity index (χ3n) is 5.08. The van der Waals surface area contributed by atoms with Crippen LogP contribution in [0.15, 0.2) is 53.4 Å². The maximum Gasteiger partial charge on any atom is 0.243 e. The van der Waals surface area contributed by atoms with Gasteiger partial charge in [0.2, 0.25) is 15.9 Å². The number of nitrogens with zero attached hydrogens (tertiary/aromatic N) is 1. The van der Waals surface area contributed by atoms with Crippen LogP contribution in [0, 0.1) is 11.7 Å². The van der Waals surface area contributed by atoms with Crippen molar-refractivity contribution in [3.05, 3.63) is 54.3 Å². The van der Waals surface area contributed by atoms with E-state index in [4.69, 9.17) is 4.74 Å². The summed E-state index contributed by atoms with van der Waals surface area (Å²) < 4.78 is 45.7. The summed E-state index contributed by atoms with van der Waals surface area (Å²) in [5.74, 6) is -0.539. The summed E-state index contributed by atoms with van der Waals surface area (Å²) in [4.78, 5) is 12.5. The van der Waals surface area contributed by atoms with Crippen molar-refractivity contribution in [2.45, 2.75) is 30.6 Å². The number of piperidine rings is 1. The molecular weight excluding hydrogens is 395 g/mol. The number of halogens is 1. The van der Waals surface area contributed by atoms with E-state index in [1.165, 1.54) is 23.5 Å². The van der Waals surface area contributed by atoms with Crippen molar-refractivity contribution < 1.29 is 22.3 Å². The van der Waals surface area contributed by atoms with Gasteiger partial charge >= 0.3 is 0 Å². The van der Waals surface area contributed by atoms with E-state index in [2.05, 4.69) is 5.32 Å². The maximum absolute atomic E-state index is 13.7. The standard InChI is InChI=1S/C21H25FN2O4S/c1-28-20-11-10-17(14-19(20)22)23-21(25)12-9-16-6-5-13-24(15-16)29(26,27)18-7-3-2-4-8-18/h2-4,7-8,10-11,14,16H,5-6,9,12-13,15H2,1H3,(H,23,25). The fourth-order valence-corrected chi connectivity index (χ4v) is 5.10. The fraction of sp³-hybridized carbons (Fsp3) is 0.381. The Morgan fingerprint density at radius 3 is 2.69 bits per heavy atom. The molecule has 0 spiro atoms. The second kappa shape index (κ2) is 9.37. The average Bonchev–Trinajstić information content (AvgIpc) is 2.73. The third kappa shape index (κ3) is 5.33. The molecular formula is C21H25FN2O4S. The van der Waals surface area contributed by atoms with Gasteiger partial charge in [-0.2, -0.15) is 4.31 Å². The highest BCUT2D eigenvalue weighted by Gasteiger charge is 2.30. The van der Waals surface area contributed by atoms with Crippen molar-refractivity contribution in [3.8, 4) is 5.75 Å². The minimum absolute atomic E-state index is 0.112. The van der Waals surface area contributed by atoms with E-state index in [9.17, 15) is 17.6 Å². The van der Waals surface area contributed by atoms with Crippen LogP contribution in [0.5, 0.6) is 5.75 Å². The van der Waals surface area contributed by atoms with Crippen LogP contribution in [0.4, 0.5) is 10.1 Å². The number of carbonyl (C=O) groups is 1. The minimum atomic E-state index is -3.51.